The van der Waals surface area contributed by atoms with Gasteiger partial charge in [-0.25, -0.2) is 0 Å². The van der Waals surface area contributed by atoms with Crippen molar-refractivity contribution < 1.29 is 5.11 Å². The van der Waals surface area contributed by atoms with E-state index in [-0.39, 0.29) is 0 Å². The number of hydrogen-bond acceptors (Lipinski definition) is 2. The minimum Gasteiger partial charge on any atom is -0.396 e. The lowest BCUT2D eigenvalue weighted by molar-refractivity contribution is 0.282. The number of hydrogen-bond donors (Lipinski definition) is 2. The maximum Gasteiger partial charge on any atom is 0.0431 e. The Morgan fingerprint density at radius 1 is 0.895 bits per heavy atom. The predicted octanol–water partition coefficient (Wildman–Crippen LogP) is 4.01. The van der Waals surface area contributed by atoms with Gasteiger partial charge in [-0.15, -0.1) is 0 Å². The first-order valence-electron chi connectivity index (χ1n) is 7.59. The molecule has 0 aliphatic carbocycles. The molecule has 0 bridgehead atoms. The summed E-state index contributed by atoms with van der Waals surface area (Å²) in [4.78, 5) is 0. The van der Waals surface area contributed by atoms with E-state index in [1.54, 1.807) is 0 Å². The first-order chi connectivity index (χ1) is 9.15. The Hall–Kier alpha value is -0.860. The first kappa shape index (κ1) is 16.2. The smallest absolute Gasteiger partial charge is 0.0431 e. The fourth-order valence-corrected chi connectivity index (χ4v) is 2.20. The molecule has 0 aromatic heterocycles. The Kier molecular flexibility index (Phi) is 7.76. The standard InChI is InChI=1S/C17H29NO/c1-14(2)16-8-10-17(11-9-16)15(3)18-12-6-4-5-7-13-19/h8-11,14-15,18-19H,4-7,12-13H2,1-3H3. The lowest BCUT2D eigenvalue weighted by atomic mass is 9.99. The van der Waals surface area contributed by atoms with E-state index in [2.05, 4.69) is 50.4 Å². The van der Waals surface area contributed by atoms with Gasteiger partial charge in [-0.1, -0.05) is 51.0 Å². The zero-order chi connectivity index (χ0) is 14.1. The van der Waals surface area contributed by atoms with Gasteiger partial charge in [0, 0.05) is 12.6 Å². The summed E-state index contributed by atoms with van der Waals surface area (Å²) >= 11 is 0. The molecular formula is C17H29NO. The maximum atomic E-state index is 8.71. The molecule has 0 amide bonds. The average molecular weight is 263 g/mol. The Balaban J connectivity index is 2.27. The molecule has 19 heavy (non-hydrogen) atoms. The highest BCUT2D eigenvalue weighted by atomic mass is 16.2. The van der Waals surface area contributed by atoms with E-state index in [1.165, 1.54) is 24.0 Å². The molecule has 1 aromatic rings. The highest BCUT2D eigenvalue weighted by Gasteiger charge is 2.05. The van der Waals surface area contributed by atoms with Crippen molar-refractivity contribution in [2.75, 3.05) is 13.2 Å². The summed E-state index contributed by atoms with van der Waals surface area (Å²) in [6.07, 6.45) is 4.46. The number of aliphatic hydroxyl groups is 1. The third kappa shape index (κ3) is 6.22. The summed E-state index contributed by atoms with van der Waals surface area (Å²) in [7, 11) is 0. The Labute approximate surface area is 118 Å². The summed E-state index contributed by atoms with van der Waals surface area (Å²) in [5.74, 6) is 0.601. The second-order valence-corrected chi connectivity index (χ2v) is 5.63. The van der Waals surface area contributed by atoms with Gasteiger partial charge in [0.05, 0.1) is 0 Å². The van der Waals surface area contributed by atoms with Crippen LogP contribution in [-0.2, 0) is 0 Å². The van der Waals surface area contributed by atoms with Gasteiger partial charge in [0.15, 0.2) is 0 Å². The third-order valence-corrected chi connectivity index (χ3v) is 3.64. The third-order valence-electron chi connectivity index (χ3n) is 3.64. The number of aliphatic hydroxyl groups excluding tert-OH is 1. The van der Waals surface area contributed by atoms with Crippen LogP contribution in [0.15, 0.2) is 24.3 Å². The molecule has 0 saturated carbocycles. The van der Waals surface area contributed by atoms with E-state index in [0.29, 0.717) is 18.6 Å². The molecular weight excluding hydrogens is 234 g/mol. The molecule has 1 unspecified atom stereocenters. The van der Waals surface area contributed by atoms with Crippen LogP contribution >= 0.6 is 0 Å². The predicted molar refractivity (Wildman–Crippen MR) is 82.5 cm³/mol. The molecule has 0 saturated heterocycles. The molecule has 2 N–H and O–H groups in total. The summed E-state index contributed by atoms with van der Waals surface area (Å²) in [5, 5.41) is 12.3. The monoisotopic (exact) mass is 263 g/mol. The first-order valence-corrected chi connectivity index (χ1v) is 7.59. The van der Waals surface area contributed by atoms with E-state index in [9.17, 15) is 0 Å². The van der Waals surface area contributed by atoms with E-state index in [0.717, 1.165) is 19.4 Å². The quantitative estimate of drug-likeness (QED) is 0.660. The second kappa shape index (κ2) is 9.11. The number of rotatable bonds is 9. The van der Waals surface area contributed by atoms with Gasteiger partial charge >= 0.3 is 0 Å². The van der Waals surface area contributed by atoms with Crippen LogP contribution in [0, 0.1) is 0 Å². The summed E-state index contributed by atoms with van der Waals surface area (Å²) < 4.78 is 0. The largest absolute Gasteiger partial charge is 0.396 e. The summed E-state index contributed by atoms with van der Waals surface area (Å²) in [6, 6.07) is 9.36. The zero-order valence-electron chi connectivity index (χ0n) is 12.7. The lowest BCUT2D eigenvalue weighted by Crippen LogP contribution is -2.19. The minimum absolute atomic E-state index is 0.325. The van der Waals surface area contributed by atoms with Crippen LogP contribution in [-0.4, -0.2) is 18.3 Å². The topological polar surface area (TPSA) is 32.3 Å². The van der Waals surface area contributed by atoms with Gasteiger partial charge in [0.25, 0.3) is 0 Å². The molecule has 1 rings (SSSR count). The van der Waals surface area contributed by atoms with Crippen LogP contribution in [0.25, 0.3) is 0 Å². The number of nitrogens with one attached hydrogen (secondary N) is 1. The van der Waals surface area contributed by atoms with Crippen LogP contribution in [0.5, 0.6) is 0 Å². The van der Waals surface area contributed by atoms with E-state index in [4.69, 9.17) is 5.11 Å². The van der Waals surface area contributed by atoms with Crippen molar-refractivity contribution >= 4 is 0 Å². The van der Waals surface area contributed by atoms with Crippen LogP contribution in [0.4, 0.5) is 0 Å². The molecule has 0 fully saturated rings. The molecule has 0 aliphatic heterocycles. The van der Waals surface area contributed by atoms with Gasteiger partial charge in [0.2, 0.25) is 0 Å². The molecule has 0 aliphatic rings. The highest BCUT2D eigenvalue weighted by molar-refractivity contribution is 5.26. The van der Waals surface area contributed by atoms with Crippen molar-refractivity contribution in [3.63, 3.8) is 0 Å². The van der Waals surface area contributed by atoms with Crippen LogP contribution in [0.1, 0.15) is 69.5 Å². The zero-order valence-corrected chi connectivity index (χ0v) is 12.7. The van der Waals surface area contributed by atoms with Gasteiger partial charge in [-0.2, -0.15) is 0 Å². The number of unbranched alkanes of at least 4 members (excludes halogenated alkanes) is 3. The second-order valence-electron chi connectivity index (χ2n) is 5.63. The average Bonchev–Trinajstić information content (AvgIpc) is 2.42. The van der Waals surface area contributed by atoms with Crippen LogP contribution in [0.3, 0.4) is 0 Å². The summed E-state index contributed by atoms with van der Waals surface area (Å²) in [5.41, 5.74) is 2.76. The minimum atomic E-state index is 0.325. The van der Waals surface area contributed by atoms with E-state index >= 15 is 0 Å². The molecule has 0 spiro atoms. The SMILES string of the molecule is CC(C)c1ccc(C(C)NCCCCCCO)cc1. The fraction of sp³-hybridized carbons (Fsp3) is 0.647. The molecule has 0 radical (unpaired) electrons. The van der Waals surface area contributed by atoms with Crippen molar-refractivity contribution in [1.82, 2.24) is 5.32 Å². The highest BCUT2D eigenvalue weighted by Crippen LogP contribution is 2.18. The Bertz CT molecular complexity index is 332. The van der Waals surface area contributed by atoms with Gasteiger partial charge in [-0.3, -0.25) is 0 Å². The van der Waals surface area contributed by atoms with Crippen LogP contribution < -0.4 is 5.32 Å². The Morgan fingerprint density at radius 2 is 1.47 bits per heavy atom. The number of benzene rings is 1. The maximum absolute atomic E-state index is 8.71. The Morgan fingerprint density at radius 3 is 2.05 bits per heavy atom. The molecule has 0 heterocycles. The van der Waals surface area contributed by atoms with E-state index < -0.39 is 0 Å². The van der Waals surface area contributed by atoms with Crippen molar-refractivity contribution in [2.24, 2.45) is 0 Å². The van der Waals surface area contributed by atoms with Crippen molar-refractivity contribution in [3.8, 4) is 0 Å². The van der Waals surface area contributed by atoms with Gasteiger partial charge in [-0.05, 0) is 43.4 Å². The molecule has 2 heteroatoms. The molecule has 1 aromatic carbocycles. The molecule has 2 nitrogen and oxygen atoms in total. The normalized spacial score (nSPS) is 12.9. The lowest BCUT2D eigenvalue weighted by Gasteiger charge is -2.15. The fourth-order valence-electron chi connectivity index (χ4n) is 2.20. The van der Waals surface area contributed by atoms with Crippen molar-refractivity contribution in [2.45, 2.75) is 58.4 Å². The van der Waals surface area contributed by atoms with Crippen molar-refractivity contribution in [1.29, 1.82) is 0 Å². The summed E-state index contributed by atoms with van der Waals surface area (Å²) in [6.45, 7) is 8.05. The van der Waals surface area contributed by atoms with Gasteiger partial charge in [0.1, 0.15) is 0 Å². The van der Waals surface area contributed by atoms with Gasteiger partial charge < -0.3 is 10.4 Å². The van der Waals surface area contributed by atoms with Crippen molar-refractivity contribution in [3.05, 3.63) is 35.4 Å². The molecule has 1 atom stereocenters. The van der Waals surface area contributed by atoms with E-state index in [1.807, 2.05) is 0 Å². The van der Waals surface area contributed by atoms with Crippen LogP contribution in [0.2, 0.25) is 0 Å². The molecule has 108 valence electrons.